The Hall–Kier alpha value is -1.35. The van der Waals surface area contributed by atoms with Crippen LogP contribution >= 0.6 is 0 Å². The molecule has 0 spiro atoms. The minimum Gasteiger partial charge on any atom is -0.370 e. The maximum absolute atomic E-state index is 14.1. The molecule has 19 heavy (non-hydrogen) atoms. The van der Waals surface area contributed by atoms with E-state index in [2.05, 4.69) is 18.8 Å². The van der Waals surface area contributed by atoms with Crippen LogP contribution in [0.5, 0.6) is 0 Å². The van der Waals surface area contributed by atoms with Crippen LogP contribution in [-0.4, -0.2) is 20.1 Å². The van der Waals surface area contributed by atoms with Gasteiger partial charge in [0.05, 0.1) is 0 Å². The number of nitrogens with one attached hydrogen (secondary N) is 1. The highest BCUT2D eigenvalue weighted by molar-refractivity contribution is 5.55. The molecule has 1 rings (SSSR count). The number of nitrogens with zero attached hydrogens (tertiary/aromatic N) is 1. The van der Waals surface area contributed by atoms with Crippen molar-refractivity contribution >= 4 is 5.69 Å². The van der Waals surface area contributed by atoms with E-state index in [0.717, 1.165) is 36.3 Å². The zero-order valence-corrected chi connectivity index (χ0v) is 12.5. The highest BCUT2D eigenvalue weighted by Gasteiger charge is 2.17. The van der Waals surface area contributed by atoms with Crippen LogP contribution in [0.4, 0.5) is 10.1 Å². The molecule has 0 aromatic heterocycles. The minimum atomic E-state index is -0.151. The summed E-state index contributed by atoms with van der Waals surface area (Å²) >= 11 is 0. The molecule has 1 atom stereocenters. The van der Waals surface area contributed by atoms with Gasteiger partial charge in [-0.3, -0.25) is 0 Å². The Morgan fingerprint density at radius 2 is 2.16 bits per heavy atom. The van der Waals surface area contributed by atoms with Crippen LogP contribution < -0.4 is 10.2 Å². The van der Waals surface area contributed by atoms with Crippen molar-refractivity contribution in [2.75, 3.05) is 25.0 Å². The van der Waals surface area contributed by atoms with E-state index in [1.54, 1.807) is 6.07 Å². The van der Waals surface area contributed by atoms with E-state index in [1.807, 2.05) is 31.9 Å². The Morgan fingerprint density at radius 1 is 1.47 bits per heavy atom. The van der Waals surface area contributed by atoms with Crippen LogP contribution in [0.25, 0.3) is 0 Å². The van der Waals surface area contributed by atoms with Crippen molar-refractivity contribution in [2.24, 2.45) is 0 Å². The molecular formula is C16H25FN2. The second-order valence-electron chi connectivity index (χ2n) is 5.16. The van der Waals surface area contributed by atoms with Gasteiger partial charge in [-0.2, -0.15) is 0 Å². The van der Waals surface area contributed by atoms with Crippen molar-refractivity contribution in [2.45, 2.75) is 33.2 Å². The normalized spacial score (nSPS) is 12.3. The lowest BCUT2D eigenvalue weighted by molar-refractivity contribution is 0.527. The fourth-order valence-electron chi connectivity index (χ4n) is 2.24. The van der Waals surface area contributed by atoms with E-state index in [-0.39, 0.29) is 11.9 Å². The van der Waals surface area contributed by atoms with E-state index < -0.39 is 0 Å². The maximum atomic E-state index is 14.1. The molecule has 0 bridgehead atoms. The van der Waals surface area contributed by atoms with E-state index in [9.17, 15) is 4.39 Å². The van der Waals surface area contributed by atoms with Crippen molar-refractivity contribution < 1.29 is 4.39 Å². The first-order valence-corrected chi connectivity index (χ1v) is 6.84. The molecule has 0 amide bonds. The number of anilines is 1. The third-order valence-electron chi connectivity index (χ3n) is 3.08. The molecule has 2 nitrogen and oxygen atoms in total. The van der Waals surface area contributed by atoms with Crippen molar-refractivity contribution in [1.29, 1.82) is 0 Å². The SMILES string of the molecule is C=C(C)CN(C)c1cccc(F)c1C(C)NCCC. The lowest BCUT2D eigenvalue weighted by atomic mass is 10.0. The third kappa shape index (κ3) is 4.35. The van der Waals surface area contributed by atoms with Gasteiger partial charge in [-0.15, -0.1) is 0 Å². The molecular weight excluding hydrogens is 239 g/mol. The van der Waals surface area contributed by atoms with Crippen molar-refractivity contribution in [3.8, 4) is 0 Å². The third-order valence-corrected chi connectivity index (χ3v) is 3.08. The summed E-state index contributed by atoms with van der Waals surface area (Å²) in [6.07, 6.45) is 1.04. The summed E-state index contributed by atoms with van der Waals surface area (Å²) in [4.78, 5) is 2.05. The van der Waals surface area contributed by atoms with Gasteiger partial charge in [0, 0.05) is 30.9 Å². The first kappa shape index (κ1) is 15.7. The van der Waals surface area contributed by atoms with Crippen LogP contribution in [0.3, 0.4) is 0 Å². The minimum absolute atomic E-state index is 0.00345. The summed E-state index contributed by atoms with van der Waals surface area (Å²) in [6, 6.07) is 5.25. The van der Waals surface area contributed by atoms with E-state index in [0.29, 0.717) is 0 Å². The molecule has 0 aliphatic rings. The van der Waals surface area contributed by atoms with E-state index in [1.165, 1.54) is 6.07 Å². The topological polar surface area (TPSA) is 15.3 Å². The van der Waals surface area contributed by atoms with E-state index >= 15 is 0 Å². The molecule has 0 saturated carbocycles. The fraction of sp³-hybridized carbons (Fsp3) is 0.500. The Balaban J connectivity index is 3.03. The Morgan fingerprint density at radius 3 is 2.74 bits per heavy atom. The summed E-state index contributed by atoms with van der Waals surface area (Å²) < 4.78 is 14.1. The highest BCUT2D eigenvalue weighted by atomic mass is 19.1. The second kappa shape index (κ2) is 7.29. The zero-order valence-electron chi connectivity index (χ0n) is 12.5. The number of benzene rings is 1. The number of hydrogen-bond donors (Lipinski definition) is 1. The van der Waals surface area contributed by atoms with Gasteiger partial charge in [-0.1, -0.05) is 25.1 Å². The lowest BCUT2D eigenvalue weighted by Gasteiger charge is -2.26. The van der Waals surface area contributed by atoms with Crippen LogP contribution in [0, 0.1) is 5.82 Å². The largest absolute Gasteiger partial charge is 0.370 e. The van der Waals surface area contributed by atoms with E-state index in [4.69, 9.17) is 0 Å². The molecule has 0 aliphatic carbocycles. The second-order valence-corrected chi connectivity index (χ2v) is 5.16. The molecule has 3 heteroatoms. The summed E-state index contributed by atoms with van der Waals surface area (Å²) in [7, 11) is 1.97. The van der Waals surface area contributed by atoms with Crippen LogP contribution in [0.1, 0.15) is 38.8 Å². The fourth-order valence-corrected chi connectivity index (χ4v) is 2.24. The molecule has 106 valence electrons. The average molecular weight is 264 g/mol. The highest BCUT2D eigenvalue weighted by Crippen LogP contribution is 2.28. The van der Waals surface area contributed by atoms with Crippen LogP contribution in [0.2, 0.25) is 0 Å². The summed E-state index contributed by atoms with van der Waals surface area (Å²) in [5.74, 6) is -0.151. The average Bonchev–Trinajstić information content (AvgIpc) is 2.34. The first-order valence-electron chi connectivity index (χ1n) is 6.84. The Kier molecular flexibility index (Phi) is 6.03. The molecule has 1 aromatic carbocycles. The van der Waals surface area contributed by atoms with Gasteiger partial charge in [0.1, 0.15) is 5.82 Å². The van der Waals surface area contributed by atoms with Crippen LogP contribution in [-0.2, 0) is 0 Å². The quantitative estimate of drug-likeness (QED) is 0.751. The molecule has 0 heterocycles. The van der Waals surface area contributed by atoms with Gasteiger partial charge < -0.3 is 10.2 Å². The van der Waals surface area contributed by atoms with Gasteiger partial charge >= 0.3 is 0 Å². The summed E-state index contributed by atoms with van der Waals surface area (Å²) in [6.45, 7) is 11.6. The standard InChI is InChI=1S/C16H25FN2/c1-6-10-18-13(4)16-14(17)8-7-9-15(16)19(5)11-12(2)3/h7-9,13,18H,2,6,10-11H2,1,3-5H3. The number of hydrogen-bond acceptors (Lipinski definition) is 2. The molecule has 0 aliphatic heterocycles. The van der Waals surface area contributed by atoms with Crippen molar-refractivity contribution in [3.63, 3.8) is 0 Å². The predicted octanol–water partition coefficient (Wildman–Crippen LogP) is 3.90. The van der Waals surface area contributed by atoms with Gasteiger partial charge in [0.2, 0.25) is 0 Å². The van der Waals surface area contributed by atoms with Gasteiger partial charge in [0.25, 0.3) is 0 Å². The zero-order chi connectivity index (χ0) is 14.4. The van der Waals surface area contributed by atoms with Crippen molar-refractivity contribution in [3.05, 3.63) is 41.7 Å². The van der Waals surface area contributed by atoms with Crippen molar-refractivity contribution in [1.82, 2.24) is 5.32 Å². The predicted molar refractivity (Wildman–Crippen MR) is 81.2 cm³/mol. The number of likely N-dealkylation sites (N-methyl/N-ethyl adjacent to an activating group) is 1. The molecule has 0 radical (unpaired) electrons. The molecule has 0 saturated heterocycles. The first-order chi connectivity index (χ1) is 8.97. The summed E-state index contributed by atoms with van der Waals surface area (Å²) in [5, 5.41) is 3.35. The van der Waals surface area contributed by atoms with Gasteiger partial charge in [0.15, 0.2) is 0 Å². The smallest absolute Gasteiger partial charge is 0.130 e. The Bertz CT molecular complexity index is 429. The van der Waals surface area contributed by atoms with Crippen LogP contribution in [0.15, 0.2) is 30.4 Å². The lowest BCUT2D eigenvalue weighted by Crippen LogP contribution is -2.26. The molecule has 1 unspecified atom stereocenters. The summed E-state index contributed by atoms with van der Waals surface area (Å²) in [5.41, 5.74) is 2.73. The maximum Gasteiger partial charge on any atom is 0.130 e. The van der Waals surface area contributed by atoms with Gasteiger partial charge in [-0.05, 0) is 38.9 Å². The monoisotopic (exact) mass is 264 g/mol. The molecule has 1 aromatic rings. The molecule has 1 N–H and O–H groups in total. The van der Waals surface area contributed by atoms with Gasteiger partial charge in [-0.25, -0.2) is 4.39 Å². The molecule has 0 fully saturated rings. The number of halogens is 1. The Labute approximate surface area is 116 Å². The number of rotatable bonds is 7.